The Morgan fingerprint density at radius 1 is 1.12 bits per heavy atom. The van der Waals surface area contributed by atoms with E-state index in [0.29, 0.717) is 5.13 Å². The average Bonchev–Trinajstić information content (AvgIpc) is 3.03. The van der Waals surface area contributed by atoms with Gasteiger partial charge in [0.2, 0.25) is 5.91 Å². The van der Waals surface area contributed by atoms with Crippen LogP contribution in [0.1, 0.15) is 21.6 Å². The van der Waals surface area contributed by atoms with Crippen LogP contribution >= 0.6 is 11.3 Å². The first kappa shape index (κ1) is 16.1. The van der Waals surface area contributed by atoms with Crippen LogP contribution in [0, 0.1) is 6.92 Å². The highest BCUT2D eigenvalue weighted by Crippen LogP contribution is 2.21. The van der Waals surface area contributed by atoms with E-state index < -0.39 is 0 Å². The monoisotopic (exact) mass is 334 g/mol. The number of nitrogens with zero attached hydrogens (tertiary/aromatic N) is 1. The first-order chi connectivity index (χ1) is 11.7. The lowest BCUT2D eigenvalue weighted by atomic mass is 10.1. The van der Waals surface area contributed by atoms with Crippen molar-refractivity contribution in [3.8, 4) is 0 Å². The maximum atomic E-state index is 12.0. The van der Waals surface area contributed by atoms with E-state index in [0.717, 1.165) is 16.9 Å². The molecule has 120 valence electrons. The number of nitrogens with one attached hydrogen (secondary N) is 1. The third-order valence-electron chi connectivity index (χ3n) is 3.51. The molecule has 3 aromatic rings. The summed E-state index contributed by atoms with van der Waals surface area (Å²) in [7, 11) is 0. The van der Waals surface area contributed by atoms with E-state index in [9.17, 15) is 4.79 Å². The van der Waals surface area contributed by atoms with Crippen LogP contribution in [0.4, 0.5) is 5.13 Å². The minimum atomic E-state index is -0.171. The van der Waals surface area contributed by atoms with Crippen LogP contribution in [0.5, 0.6) is 0 Å². The van der Waals surface area contributed by atoms with Crippen molar-refractivity contribution in [1.29, 1.82) is 0 Å². The SMILES string of the molecule is Cc1ccc(Cc2cnc(NC(=O)C=Cc3ccccc3)s2)cc1. The summed E-state index contributed by atoms with van der Waals surface area (Å²) in [4.78, 5) is 17.4. The lowest BCUT2D eigenvalue weighted by molar-refractivity contribution is -0.111. The van der Waals surface area contributed by atoms with Gasteiger partial charge < -0.3 is 0 Å². The minimum absolute atomic E-state index is 0.171. The molecule has 1 amide bonds. The summed E-state index contributed by atoms with van der Waals surface area (Å²) >= 11 is 1.50. The molecule has 3 rings (SSSR count). The maximum absolute atomic E-state index is 12.0. The predicted octanol–water partition coefficient (Wildman–Crippen LogP) is 4.69. The van der Waals surface area contributed by atoms with Crippen LogP contribution in [-0.4, -0.2) is 10.9 Å². The molecule has 0 fully saturated rings. The van der Waals surface area contributed by atoms with Gasteiger partial charge in [0.25, 0.3) is 0 Å². The van der Waals surface area contributed by atoms with Crippen LogP contribution in [0.3, 0.4) is 0 Å². The van der Waals surface area contributed by atoms with Gasteiger partial charge in [0.05, 0.1) is 0 Å². The number of rotatable bonds is 5. The average molecular weight is 334 g/mol. The fraction of sp³-hybridized carbons (Fsp3) is 0.100. The molecule has 0 unspecified atom stereocenters. The predicted molar refractivity (Wildman–Crippen MR) is 100 cm³/mol. The van der Waals surface area contributed by atoms with Gasteiger partial charge in [-0.25, -0.2) is 4.98 Å². The van der Waals surface area contributed by atoms with Gasteiger partial charge in [0, 0.05) is 23.6 Å². The largest absolute Gasteiger partial charge is 0.298 e. The number of benzene rings is 2. The smallest absolute Gasteiger partial charge is 0.250 e. The highest BCUT2D eigenvalue weighted by molar-refractivity contribution is 7.15. The summed E-state index contributed by atoms with van der Waals surface area (Å²) in [5.41, 5.74) is 3.49. The van der Waals surface area contributed by atoms with Gasteiger partial charge in [-0.2, -0.15) is 0 Å². The minimum Gasteiger partial charge on any atom is -0.298 e. The molecule has 24 heavy (non-hydrogen) atoms. The summed E-state index contributed by atoms with van der Waals surface area (Å²) in [6.45, 7) is 2.08. The highest BCUT2D eigenvalue weighted by atomic mass is 32.1. The highest BCUT2D eigenvalue weighted by Gasteiger charge is 2.05. The number of thiazole rings is 1. The molecule has 1 aromatic heterocycles. The van der Waals surface area contributed by atoms with Crippen LogP contribution in [0.25, 0.3) is 6.08 Å². The molecule has 0 atom stereocenters. The van der Waals surface area contributed by atoms with Gasteiger partial charge in [-0.1, -0.05) is 60.2 Å². The van der Waals surface area contributed by atoms with Crippen molar-refractivity contribution in [3.63, 3.8) is 0 Å². The molecule has 1 N–H and O–H groups in total. The van der Waals surface area contributed by atoms with Gasteiger partial charge in [-0.3, -0.25) is 10.1 Å². The Labute approximate surface area is 145 Å². The first-order valence-electron chi connectivity index (χ1n) is 7.73. The van der Waals surface area contributed by atoms with Crippen molar-refractivity contribution in [3.05, 3.63) is 88.4 Å². The number of anilines is 1. The third kappa shape index (κ3) is 4.64. The Morgan fingerprint density at radius 3 is 2.62 bits per heavy atom. The van der Waals surface area contributed by atoms with Gasteiger partial charge in [0.1, 0.15) is 0 Å². The van der Waals surface area contributed by atoms with Crippen molar-refractivity contribution < 1.29 is 4.79 Å². The van der Waals surface area contributed by atoms with Crippen LogP contribution in [-0.2, 0) is 11.2 Å². The fourth-order valence-corrected chi connectivity index (χ4v) is 3.09. The molecule has 0 saturated heterocycles. The topological polar surface area (TPSA) is 42.0 Å². The Kier molecular flexibility index (Phi) is 5.18. The lowest BCUT2D eigenvalue weighted by Gasteiger charge is -1.99. The second kappa shape index (κ2) is 7.70. The Hall–Kier alpha value is -2.72. The molecule has 0 saturated carbocycles. The molecule has 4 heteroatoms. The maximum Gasteiger partial charge on any atom is 0.250 e. The van der Waals surface area contributed by atoms with Gasteiger partial charge in [-0.05, 0) is 24.1 Å². The van der Waals surface area contributed by atoms with E-state index in [-0.39, 0.29) is 5.91 Å². The van der Waals surface area contributed by atoms with E-state index in [4.69, 9.17) is 0 Å². The molecule has 0 bridgehead atoms. The second-order valence-corrected chi connectivity index (χ2v) is 6.64. The summed E-state index contributed by atoms with van der Waals surface area (Å²) in [6, 6.07) is 18.2. The van der Waals surface area contributed by atoms with E-state index in [1.165, 1.54) is 28.5 Å². The van der Waals surface area contributed by atoms with E-state index >= 15 is 0 Å². The molecule has 3 nitrogen and oxygen atoms in total. The van der Waals surface area contributed by atoms with Gasteiger partial charge in [-0.15, -0.1) is 11.3 Å². The Bertz CT molecular complexity index is 836. The van der Waals surface area contributed by atoms with Crippen molar-refractivity contribution in [2.75, 3.05) is 5.32 Å². The number of hydrogen-bond acceptors (Lipinski definition) is 3. The molecule has 0 radical (unpaired) electrons. The molecule has 0 aliphatic rings. The Balaban J connectivity index is 1.58. The number of hydrogen-bond donors (Lipinski definition) is 1. The van der Waals surface area contributed by atoms with Crippen molar-refractivity contribution in [1.82, 2.24) is 4.98 Å². The standard InChI is InChI=1S/C20H18N2OS/c1-15-7-9-17(10-8-15)13-18-14-21-20(24-18)22-19(23)12-11-16-5-3-2-4-6-16/h2-12,14H,13H2,1H3,(H,21,22,23). The number of aromatic nitrogens is 1. The van der Waals surface area contributed by atoms with E-state index in [2.05, 4.69) is 41.5 Å². The summed E-state index contributed by atoms with van der Waals surface area (Å²) < 4.78 is 0. The fourth-order valence-electron chi connectivity index (χ4n) is 2.24. The van der Waals surface area contributed by atoms with Crippen LogP contribution < -0.4 is 5.32 Å². The van der Waals surface area contributed by atoms with E-state index in [1.54, 1.807) is 6.08 Å². The molecule has 1 heterocycles. The molecule has 0 aliphatic heterocycles. The van der Waals surface area contributed by atoms with Crippen molar-refractivity contribution >= 4 is 28.5 Å². The zero-order valence-electron chi connectivity index (χ0n) is 13.4. The summed E-state index contributed by atoms with van der Waals surface area (Å²) in [5.74, 6) is -0.171. The second-order valence-electron chi connectivity index (χ2n) is 5.53. The molecule has 2 aromatic carbocycles. The molecule has 0 spiro atoms. The van der Waals surface area contributed by atoms with Crippen LogP contribution in [0.15, 0.2) is 66.9 Å². The number of amides is 1. The summed E-state index contributed by atoms with van der Waals surface area (Å²) in [5, 5.41) is 3.43. The van der Waals surface area contributed by atoms with Crippen molar-refractivity contribution in [2.45, 2.75) is 13.3 Å². The number of carbonyl (C=O) groups excluding carboxylic acids is 1. The zero-order valence-corrected chi connectivity index (χ0v) is 14.2. The molecular weight excluding hydrogens is 316 g/mol. The van der Waals surface area contributed by atoms with Gasteiger partial charge in [0.15, 0.2) is 5.13 Å². The normalized spacial score (nSPS) is 10.9. The van der Waals surface area contributed by atoms with Crippen LogP contribution in [0.2, 0.25) is 0 Å². The third-order valence-corrected chi connectivity index (χ3v) is 4.42. The lowest BCUT2D eigenvalue weighted by Crippen LogP contribution is -2.06. The zero-order chi connectivity index (χ0) is 16.8. The quantitative estimate of drug-likeness (QED) is 0.688. The Morgan fingerprint density at radius 2 is 1.88 bits per heavy atom. The van der Waals surface area contributed by atoms with Gasteiger partial charge >= 0.3 is 0 Å². The van der Waals surface area contributed by atoms with E-state index in [1.807, 2.05) is 36.5 Å². The van der Waals surface area contributed by atoms with Crippen molar-refractivity contribution in [2.24, 2.45) is 0 Å². The number of carbonyl (C=O) groups is 1. The molecule has 0 aliphatic carbocycles. The molecular formula is C20H18N2OS. The first-order valence-corrected chi connectivity index (χ1v) is 8.55. The number of aryl methyl sites for hydroxylation is 1. The summed E-state index contributed by atoms with van der Waals surface area (Å²) in [6.07, 6.45) is 5.96.